The molecule has 122 valence electrons. The van der Waals surface area contributed by atoms with Crippen LogP contribution in [0.2, 0.25) is 0 Å². The molecule has 0 unspecified atom stereocenters. The molecule has 5 heteroatoms. The van der Waals surface area contributed by atoms with Gasteiger partial charge in [0.15, 0.2) is 0 Å². The van der Waals surface area contributed by atoms with Gasteiger partial charge in [-0.05, 0) is 37.5 Å². The zero-order valence-electron chi connectivity index (χ0n) is 14.1. The Kier molecular flexibility index (Phi) is 4.76. The fourth-order valence-electron chi connectivity index (χ4n) is 3.08. The molecule has 0 radical (unpaired) electrons. The van der Waals surface area contributed by atoms with Gasteiger partial charge in [-0.25, -0.2) is 9.97 Å². The highest BCUT2D eigenvalue weighted by Crippen LogP contribution is 2.19. The van der Waals surface area contributed by atoms with Gasteiger partial charge in [-0.15, -0.1) is 0 Å². The van der Waals surface area contributed by atoms with E-state index in [0.717, 1.165) is 44.5 Å². The van der Waals surface area contributed by atoms with E-state index in [4.69, 9.17) is 4.74 Å². The van der Waals surface area contributed by atoms with Crippen molar-refractivity contribution in [3.8, 4) is 0 Å². The van der Waals surface area contributed by atoms with Gasteiger partial charge < -0.3 is 15.0 Å². The number of morpholine rings is 1. The summed E-state index contributed by atoms with van der Waals surface area (Å²) in [5, 5.41) is 3.43. The molecule has 5 nitrogen and oxygen atoms in total. The molecule has 2 aromatic rings. The molecule has 23 heavy (non-hydrogen) atoms. The van der Waals surface area contributed by atoms with Gasteiger partial charge in [0.05, 0.1) is 13.2 Å². The summed E-state index contributed by atoms with van der Waals surface area (Å²) in [5.74, 6) is 1.82. The Balaban J connectivity index is 1.71. The van der Waals surface area contributed by atoms with E-state index in [9.17, 15) is 0 Å². The molecule has 0 amide bonds. The minimum absolute atomic E-state index is 0.758. The molecule has 3 rings (SSSR count). The van der Waals surface area contributed by atoms with Crippen molar-refractivity contribution in [3.05, 3.63) is 46.8 Å². The van der Waals surface area contributed by atoms with E-state index in [2.05, 4.69) is 53.1 Å². The third kappa shape index (κ3) is 3.79. The molecule has 1 saturated heterocycles. The molecule has 0 spiro atoms. The minimum Gasteiger partial charge on any atom is -0.378 e. The summed E-state index contributed by atoms with van der Waals surface area (Å²) in [6.07, 6.45) is 1.63. The number of hydrogen-bond donors (Lipinski definition) is 1. The molecular weight excluding hydrogens is 288 g/mol. The van der Waals surface area contributed by atoms with Gasteiger partial charge in [0, 0.05) is 25.7 Å². The van der Waals surface area contributed by atoms with Crippen molar-refractivity contribution in [3.63, 3.8) is 0 Å². The third-order valence-electron chi connectivity index (χ3n) is 4.27. The van der Waals surface area contributed by atoms with Crippen LogP contribution in [0, 0.1) is 20.8 Å². The number of hydrogen-bond acceptors (Lipinski definition) is 5. The molecule has 1 N–H and O–H groups in total. The molecule has 1 aromatic heterocycles. The Morgan fingerprint density at radius 3 is 2.43 bits per heavy atom. The van der Waals surface area contributed by atoms with Crippen molar-refractivity contribution in [2.75, 3.05) is 36.5 Å². The van der Waals surface area contributed by atoms with E-state index in [1.165, 1.54) is 22.3 Å². The lowest BCUT2D eigenvalue weighted by Gasteiger charge is -2.27. The van der Waals surface area contributed by atoms with Crippen LogP contribution < -0.4 is 10.2 Å². The van der Waals surface area contributed by atoms with Crippen molar-refractivity contribution in [2.45, 2.75) is 27.3 Å². The average molecular weight is 312 g/mol. The predicted octanol–water partition coefficient (Wildman–Crippen LogP) is 2.85. The molecule has 1 aromatic carbocycles. The summed E-state index contributed by atoms with van der Waals surface area (Å²) in [6, 6.07) is 6.47. The molecule has 1 aliphatic heterocycles. The summed E-state index contributed by atoms with van der Waals surface area (Å²) in [5.41, 5.74) is 5.28. The molecular formula is C18H24N4O. The SMILES string of the molecule is Cc1cc(C)c(CNc2cc(N3CCOCC3)ncn2)c(C)c1. The summed E-state index contributed by atoms with van der Waals surface area (Å²) in [7, 11) is 0. The zero-order valence-corrected chi connectivity index (χ0v) is 14.1. The van der Waals surface area contributed by atoms with Crippen LogP contribution in [0.3, 0.4) is 0 Å². The number of aryl methyl sites for hydroxylation is 3. The predicted molar refractivity (Wildman–Crippen MR) is 93.0 cm³/mol. The average Bonchev–Trinajstić information content (AvgIpc) is 2.55. The maximum absolute atomic E-state index is 5.39. The molecule has 1 aliphatic rings. The zero-order chi connectivity index (χ0) is 16.2. The van der Waals surface area contributed by atoms with Gasteiger partial charge in [-0.1, -0.05) is 17.7 Å². The molecule has 2 heterocycles. The number of benzene rings is 1. The molecule has 0 saturated carbocycles. The Morgan fingerprint density at radius 2 is 1.74 bits per heavy atom. The summed E-state index contributed by atoms with van der Waals surface area (Å²) in [6.45, 7) is 10.5. The van der Waals surface area contributed by atoms with Crippen LogP contribution in [0.1, 0.15) is 22.3 Å². The van der Waals surface area contributed by atoms with E-state index in [1.807, 2.05) is 6.07 Å². The normalized spacial score (nSPS) is 14.8. The van der Waals surface area contributed by atoms with E-state index in [-0.39, 0.29) is 0 Å². The third-order valence-corrected chi connectivity index (χ3v) is 4.27. The van der Waals surface area contributed by atoms with Crippen LogP contribution >= 0.6 is 0 Å². The van der Waals surface area contributed by atoms with Crippen LogP contribution in [-0.4, -0.2) is 36.3 Å². The van der Waals surface area contributed by atoms with Gasteiger partial charge in [0.2, 0.25) is 0 Å². The maximum Gasteiger partial charge on any atom is 0.134 e. The highest BCUT2D eigenvalue weighted by atomic mass is 16.5. The minimum atomic E-state index is 0.758. The van der Waals surface area contributed by atoms with E-state index >= 15 is 0 Å². The second kappa shape index (κ2) is 6.96. The van der Waals surface area contributed by atoms with Gasteiger partial charge in [-0.2, -0.15) is 0 Å². The monoisotopic (exact) mass is 312 g/mol. The highest BCUT2D eigenvalue weighted by Gasteiger charge is 2.13. The van der Waals surface area contributed by atoms with Crippen LogP contribution in [0.5, 0.6) is 0 Å². The molecule has 1 fully saturated rings. The first-order valence-corrected chi connectivity index (χ1v) is 8.09. The van der Waals surface area contributed by atoms with Crippen molar-refractivity contribution in [1.29, 1.82) is 0 Å². The van der Waals surface area contributed by atoms with Crippen molar-refractivity contribution in [2.24, 2.45) is 0 Å². The lowest BCUT2D eigenvalue weighted by Crippen LogP contribution is -2.36. The maximum atomic E-state index is 5.39. The smallest absolute Gasteiger partial charge is 0.134 e. The largest absolute Gasteiger partial charge is 0.378 e. The number of nitrogens with zero attached hydrogens (tertiary/aromatic N) is 3. The summed E-state index contributed by atoms with van der Waals surface area (Å²) >= 11 is 0. The van der Waals surface area contributed by atoms with Gasteiger partial charge in [0.25, 0.3) is 0 Å². The van der Waals surface area contributed by atoms with Crippen molar-refractivity contribution < 1.29 is 4.74 Å². The first-order valence-electron chi connectivity index (χ1n) is 8.09. The molecule has 0 aliphatic carbocycles. The lowest BCUT2D eigenvalue weighted by atomic mass is 10.00. The van der Waals surface area contributed by atoms with Gasteiger partial charge >= 0.3 is 0 Å². The van der Waals surface area contributed by atoms with E-state index in [1.54, 1.807) is 6.33 Å². The van der Waals surface area contributed by atoms with E-state index < -0.39 is 0 Å². The fraction of sp³-hybridized carbons (Fsp3) is 0.444. The topological polar surface area (TPSA) is 50.3 Å². The fourth-order valence-corrected chi connectivity index (χ4v) is 3.08. The van der Waals surface area contributed by atoms with Gasteiger partial charge in [0.1, 0.15) is 18.0 Å². The quantitative estimate of drug-likeness (QED) is 0.941. The summed E-state index contributed by atoms with van der Waals surface area (Å²) in [4.78, 5) is 11.0. The van der Waals surface area contributed by atoms with Gasteiger partial charge in [-0.3, -0.25) is 0 Å². The second-order valence-corrected chi connectivity index (χ2v) is 6.09. The highest BCUT2D eigenvalue weighted by molar-refractivity contribution is 5.49. The van der Waals surface area contributed by atoms with Crippen LogP contribution in [0.15, 0.2) is 24.5 Å². The van der Waals surface area contributed by atoms with Crippen molar-refractivity contribution >= 4 is 11.6 Å². The Morgan fingerprint density at radius 1 is 1.04 bits per heavy atom. The van der Waals surface area contributed by atoms with Crippen LogP contribution in [-0.2, 0) is 11.3 Å². The van der Waals surface area contributed by atoms with Crippen LogP contribution in [0.25, 0.3) is 0 Å². The molecule has 0 bridgehead atoms. The Hall–Kier alpha value is -2.14. The Bertz CT molecular complexity index is 657. The molecule has 0 atom stereocenters. The number of anilines is 2. The van der Waals surface area contributed by atoms with E-state index in [0.29, 0.717) is 0 Å². The van der Waals surface area contributed by atoms with Crippen molar-refractivity contribution in [1.82, 2.24) is 9.97 Å². The second-order valence-electron chi connectivity index (χ2n) is 6.09. The number of rotatable bonds is 4. The number of aromatic nitrogens is 2. The first kappa shape index (κ1) is 15.7. The first-order chi connectivity index (χ1) is 11.1. The van der Waals surface area contributed by atoms with Crippen LogP contribution in [0.4, 0.5) is 11.6 Å². The standard InChI is InChI=1S/C18H24N4O/c1-13-8-14(2)16(15(3)9-13)11-19-17-10-18(21-12-20-17)22-4-6-23-7-5-22/h8-10,12H,4-7,11H2,1-3H3,(H,19,20,21). The Labute approximate surface area is 137 Å². The number of ether oxygens (including phenoxy) is 1. The summed E-state index contributed by atoms with van der Waals surface area (Å²) < 4.78 is 5.39. The number of nitrogens with one attached hydrogen (secondary N) is 1. The lowest BCUT2D eigenvalue weighted by molar-refractivity contribution is 0.122.